The molecule has 11 heteroatoms. The molecule has 0 aromatic heterocycles. The maximum atomic E-state index is 15.0. The van der Waals surface area contributed by atoms with Gasteiger partial charge in [-0.1, -0.05) is 23.2 Å². The van der Waals surface area contributed by atoms with Gasteiger partial charge in [-0.05, 0) is 105 Å². The molecule has 1 aliphatic heterocycles. The summed E-state index contributed by atoms with van der Waals surface area (Å²) >= 11 is 12.0. The molecule has 0 radical (unpaired) electrons. The van der Waals surface area contributed by atoms with Crippen molar-refractivity contribution in [2.24, 2.45) is 11.8 Å². The van der Waals surface area contributed by atoms with E-state index < -0.39 is 30.0 Å². The molecule has 218 valence electrons. The predicted molar refractivity (Wildman–Crippen MR) is 144 cm³/mol. The first kappa shape index (κ1) is 29.4. The van der Waals surface area contributed by atoms with E-state index in [0.29, 0.717) is 24.2 Å². The summed E-state index contributed by atoms with van der Waals surface area (Å²) in [6.45, 7) is 0.855. The number of piperidine rings is 1. The molecule has 5 nitrogen and oxygen atoms in total. The molecular weight excluding hydrogens is 571 g/mol. The number of hydrogen-bond acceptors (Lipinski definition) is 4. The van der Waals surface area contributed by atoms with E-state index in [9.17, 15) is 23.1 Å². The number of carboxylic acid groups (broad SMARTS) is 1. The minimum atomic E-state index is -4.49. The topological polar surface area (TPSA) is 61.8 Å². The Labute approximate surface area is 240 Å². The Kier molecular flexibility index (Phi) is 8.86. The molecule has 2 saturated carbocycles. The monoisotopic (exact) mass is 602 g/mol. The number of carbonyl (C=O) groups is 1. The zero-order valence-corrected chi connectivity index (χ0v) is 23.3. The predicted octanol–water partition coefficient (Wildman–Crippen LogP) is 7.36. The summed E-state index contributed by atoms with van der Waals surface area (Å²) < 4.78 is 63.3. The van der Waals surface area contributed by atoms with Gasteiger partial charge in [0.15, 0.2) is 0 Å². The van der Waals surface area contributed by atoms with E-state index in [2.05, 4.69) is 5.32 Å². The van der Waals surface area contributed by atoms with E-state index in [1.54, 1.807) is 6.07 Å². The first-order valence-corrected chi connectivity index (χ1v) is 14.4. The third-order valence-electron chi connectivity index (χ3n) is 8.07. The first-order valence-electron chi connectivity index (χ1n) is 13.7. The van der Waals surface area contributed by atoms with Gasteiger partial charge >= 0.3 is 12.1 Å². The van der Waals surface area contributed by atoms with Crippen LogP contribution in [0.5, 0.6) is 5.75 Å². The average Bonchev–Trinajstić information content (AvgIpc) is 3.78. The lowest BCUT2D eigenvalue weighted by Gasteiger charge is -2.38. The van der Waals surface area contributed by atoms with Gasteiger partial charge in [0.1, 0.15) is 23.7 Å². The number of benzene rings is 2. The van der Waals surface area contributed by atoms with E-state index in [4.69, 9.17) is 27.9 Å². The van der Waals surface area contributed by atoms with Crippen LogP contribution in [-0.4, -0.2) is 47.9 Å². The van der Waals surface area contributed by atoms with Gasteiger partial charge in [-0.2, -0.15) is 13.2 Å². The Bertz CT molecular complexity index is 1210. The van der Waals surface area contributed by atoms with Gasteiger partial charge in [-0.15, -0.1) is 0 Å². The summed E-state index contributed by atoms with van der Waals surface area (Å²) in [5.74, 6) is -0.535. The standard InChI is InChI=1S/C29H32Cl2F4N2O3/c30-21-9-19(10-22(31)12-21)27(29(33,34)35)37-7-5-16(6-8-37)15-40-25-13-24(32)20(11-23(25)17-1-2-17)14-36-26(28(38)39)18-3-4-18/h9-13,16-18,26-27,36H,1-8,14-15H2,(H,38,39)/t26-,27?/m0/s1. The highest BCUT2D eigenvalue weighted by molar-refractivity contribution is 6.34. The molecule has 2 aromatic rings. The number of aliphatic carboxylic acids is 1. The van der Waals surface area contributed by atoms with Crippen LogP contribution in [0.4, 0.5) is 17.6 Å². The van der Waals surface area contributed by atoms with E-state index in [1.807, 2.05) is 0 Å². The Balaban J connectivity index is 1.21. The molecule has 2 aliphatic carbocycles. The van der Waals surface area contributed by atoms with Gasteiger partial charge in [0.05, 0.1) is 6.61 Å². The van der Waals surface area contributed by atoms with Gasteiger partial charge < -0.3 is 9.84 Å². The molecule has 2 N–H and O–H groups in total. The SMILES string of the molecule is O=C(O)[C@@H](NCc1cc(C2CC2)c(OCC2CCN(C(c3cc(Cl)cc(Cl)c3)C(F)(F)F)CC2)cc1F)C1CC1. The van der Waals surface area contributed by atoms with E-state index in [-0.39, 0.29) is 59.6 Å². The third-order valence-corrected chi connectivity index (χ3v) is 8.50. The highest BCUT2D eigenvalue weighted by Gasteiger charge is 2.46. The number of likely N-dealkylation sites (tertiary alicyclic amines) is 1. The Morgan fingerprint density at radius 1 is 1.02 bits per heavy atom. The van der Waals surface area contributed by atoms with Crippen molar-refractivity contribution in [1.82, 2.24) is 10.2 Å². The van der Waals surface area contributed by atoms with Gasteiger partial charge in [0.2, 0.25) is 0 Å². The number of alkyl halides is 3. The lowest BCUT2D eigenvalue weighted by atomic mass is 9.94. The molecule has 40 heavy (non-hydrogen) atoms. The number of rotatable bonds is 11. The average molecular weight is 603 g/mol. The van der Waals surface area contributed by atoms with Crippen LogP contribution >= 0.6 is 23.2 Å². The highest BCUT2D eigenvalue weighted by Crippen LogP contribution is 2.46. The smallest absolute Gasteiger partial charge is 0.408 e. The van der Waals surface area contributed by atoms with Crippen LogP contribution in [0.3, 0.4) is 0 Å². The minimum absolute atomic E-state index is 0.0191. The van der Waals surface area contributed by atoms with Gasteiger partial charge in [-0.3, -0.25) is 15.0 Å². The van der Waals surface area contributed by atoms with Crippen molar-refractivity contribution < 1.29 is 32.2 Å². The van der Waals surface area contributed by atoms with Gasteiger partial charge in [-0.25, -0.2) is 4.39 Å². The maximum Gasteiger partial charge on any atom is 0.408 e. The number of carboxylic acids is 1. The maximum absolute atomic E-state index is 15.0. The normalized spacial score (nSPS) is 20.4. The third kappa shape index (κ3) is 7.22. The molecule has 5 rings (SSSR count). The fourth-order valence-corrected chi connectivity index (χ4v) is 6.17. The second-order valence-corrected chi connectivity index (χ2v) is 12.1. The second-order valence-electron chi connectivity index (χ2n) is 11.2. The molecule has 1 heterocycles. The number of hydrogen-bond donors (Lipinski definition) is 2. The molecule has 3 fully saturated rings. The fraction of sp³-hybridized carbons (Fsp3) is 0.552. The summed E-state index contributed by atoms with van der Waals surface area (Å²) in [7, 11) is 0. The largest absolute Gasteiger partial charge is 0.493 e. The molecule has 0 spiro atoms. The summed E-state index contributed by atoms with van der Waals surface area (Å²) in [6, 6.07) is 4.68. The molecule has 2 atom stereocenters. The summed E-state index contributed by atoms with van der Waals surface area (Å²) in [5.41, 5.74) is 1.34. The second kappa shape index (κ2) is 12.0. The van der Waals surface area contributed by atoms with E-state index in [1.165, 1.54) is 29.2 Å². The van der Waals surface area contributed by atoms with Crippen molar-refractivity contribution in [2.75, 3.05) is 19.7 Å². The first-order chi connectivity index (χ1) is 19.0. The van der Waals surface area contributed by atoms with Crippen molar-refractivity contribution in [3.05, 3.63) is 62.9 Å². The van der Waals surface area contributed by atoms with Gasteiger partial charge in [0.25, 0.3) is 0 Å². The Hall–Kier alpha value is -2.07. The lowest BCUT2D eigenvalue weighted by molar-refractivity contribution is -0.190. The van der Waals surface area contributed by atoms with Crippen LogP contribution in [0.15, 0.2) is 30.3 Å². The summed E-state index contributed by atoms with van der Waals surface area (Å²) in [6.07, 6.45) is 0.172. The number of nitrogens with zero attached hydrogens (tertiary/aromatic N) is 1. The van der Waals surface area contributed by atoms with Crippen LogP contribution in [0, 0.1) is 17.7 Å². The Morgan fingerprint density at radius 3 is 2.23 bits per heavy atom. The van der Waals surface area contributed by atoms with E-state index in [0.717, 1.165) is 31.2 Å². The fourth-order valence-electron chi connectivity index (χ4n) is 5.62. The van der Waals surface area contributed by atoms with Crippen LogP contribution in [0.1, 0.15) is 67.2 Å². The Morgan fingerprint density at radius 2 is 1.68 bits per heavy atom. The highest BCUT2D eigenvalue weighted by atomic mass is 35.5. The van der Waals surface area contributed by atoms with Crippen LogP contribution < -0.4 is 10.1 Å². The van der Waals surface area contributed by atoms with Crippen molar-refractivity contribution in [3.63, 3.8) is 0 Å². The van der Waals surface area contributed by atoms with Crippen LogP contribution in [-0.2, 0) is 11.3 Å². The lowest BCUT2D eigenvalue weighted by Crippen LogP contribution is -2.43. The van der Waals surface area contributed by atoms with Crippen LogP contribution in [0.25, 0.3) is 0 Å². The quantitative estimate of drug-likeness (QED) is 0.263. The molecular formula is C29H32Cl2F4N2O3. The summed E-state index contributed by atoms with van der Waals surface area (Å²) in [5, 5.41) is 12.7. The van der Waals surface area contributed by atoms with Crippen molar-refractivity contribution >= 4 is 29.2 Å². The zero-order valence-electron chi connectivity index (χ0n) is 21.8. The minimum Gasteiger partial charge on any atom is -0.493 e. The van der Waals surface area contributed by atoms with Crippen LogP contribution in [0.2, 0.25) is 10.0 Å². The number of halogens is 6. The molecule has 0 bridgehead atoms. The molecule has 2 aromatic carbocycles. The summed E-state index contributed by atoms with van der Waals surface area (Å²) in [4.78, 5) is 12.9. The van der Waals surface area contributed by atoms with Gasteiger partial charge in [0, 0.05) is 28.2 Å². The van der Waals surface area contributed by atoms with E-state index >= 15 is 4.39 Å². The zero-order chi connectivity index (χ0) is 28.6. The molecule has 3 aliphatic rings. The molecule has 1 saturated heterocycles. The molecule has 1 unspecified atom stereocenters. The number of nitrogens with one attached hydrogen (secondary N) is 1. The molecule has 0 amide bonds. The van der Waals surface area contributed by atoms with Crippen molar-refractivity contribution in [2.45, 2.75) is 69.2 Å². The number of ether oxygens (including phenoxy) is 1. The van der Waals surface area contributed by atoms with Crippen molar-refractivity contribution in [3.8, 4) is 5.75 Å². The van der Waals surface area contributed by atoms with Crippen molar-refractivity contribution in [1.29, 1.82) is 0 Å².